The Kier molecular flexibility index (Phi) is 2.76. The lowest BCUT2D eigenvalue weighted by atomic mass is 9.86. The predicted octanol–water partition coefficient (Wildman–Crippen LogP) is 2.98. The highest BCUT2D eigenvalue weighted by atomic mass is 16.2. The zero-order valence-corrected chi connectivity index (χ0v) is 11.8. The average Bonchev–Trinajstić information content (AvgIpc) is 3.12. The van der Waals surface area contributed by atoms with Crippen molar-refractivity contribution < 1.29 is 4.79 Å². The number of nitrogen functional groups attached to an aromatic ring is 1. The molecule has 1 aliphatic heterocycles. The van der Waals surface area contributed by atoms with Crippen molar-refractivity contribution in [3.8, 4) is 0 Å². The number of carbonyl (C=O) groups excluding carboxylic acids is 1. The molecule has 2 aliphatic carbocycles. The van der Waals surface area contributed by atoms with Gasteiger partial charge in [0.25, 0.3) is 0 Å². The number of fused-ring (bicyclic) bond motifs is 3. The smallest absolute Gasteiger partial charge is 0.227 e. The van der Waals surface area contributed by atoms with Crippen molar-refractivity contribution in [2.24, 2.45) is 17.8 Å². The molecule has 0 radical (unpaired) electrons. The van der Waals surface area contributed by atoms with Gasteiger partial charge < -0.3 is 10.6 Å². The van der Waals surface area contributed by atoms with Gasteiger partial charge in [-0.25, -0.2) is 0 Å². The Morgan fingerprint density at radius 2 is 2.20 bits per heavy atom. The average molecular weight is 270 g/mol. The number of anilines is 2. The maximum atomic E-state index is 12.6. The first-order valence-electron chi connectivity index (χ1n) is 7.90. The van der Waals surface area contributed by atoms with Gasteiger partial charge in [0.15, 0.2) is 0 Å². The number of hydrogen-bond acceptors (Lipinski definition) is 2. The molecule has 3 aliphatic rings. The minimum Gasteiger partial charge on any atom is -0.398 e. The minimum absolute atomic E-state index is 0.312. The van der Waals surface area contributed by atoms with E-state index in [4.69, 9.17) is 5.73 Å². The molecule has 4 rings (SSSR count). The number of nitrogens with two attached hydrogens (primary N) is 1. The third-order valence-electron chi connectivity index (χ3n) is 5.69. The van der Waals surface area contributed by atoms with E-state index < -0.39 is 0 Å². The van der Waals surface area contributed by atoms with E-state index in [-0.39, 0.29) is 0 Å². The van der Waals surface area contributed by atoms with Gasteiger partial charge in [0.2, 0.25) is 5.91 Å². The van der Waals surface area contributed by atoms with Crippen molar-refractivity contribution >= 4 is 17.3 Å². The molecule has 3 unspecified atom stereocenters. The summed E-state index contributed by atoms with van der Waals surface area (Å²) in [5.41, 5.74) is 9.06. The van der Waals surface area contributed by atoms with Crippen molar-refractivity contribution in [3.63, 3.8) is 0 Å². The molecule has 1 aromatic carbocycles. The van der Waals surface area contributed by atoms with Gasteiger partial charge in [-0.15, -0.1) is 0 Å². The molecule has 20 heavy (non-hydrogen) atoms. The Hall–Kier alpha value is -1.51. The molecule has 1 aromatic rings. The summed E-state index contributed by atoms with van der Waals surface area (Å²) in [5, 5.41) is 0. The van der Waals surface area contributed by atoms with E-state index >= 15 is 0 Å². The lowest BCUT2D eigenvalue weighted by molar-refractivity contribution is -0.119. The molecule has 1 amide bonds. The first kappa shape index (κ1) is 12.2. The molecule has 106 valence electrons. The first-order valence-corrected chi connectivity index (χ1v) is 7.90. The van der Waals surface area contributed by atoms with E-state index in [0.29, 0.717) is 11.8 Å². The molecule has 1 heterocycles. The first-order chi connectivity index (χ1) is 9.72. The number of rotatable bonds is 2. The topological polar surface area (TPSA) is 46.3 Å². The van der Waals surface area contributed by atoms with E-state index in [1.807, 2.05) is 23.1 Å². The van der Waals surface area contributed by atoms with E-state index in [1.165, 1.54) is 25.7 Å². The van der Waals surface area contributed by atoms with Crippen LogP contribution in [-0.4, -0.2) is 12.5 Å². The fourth-order valence-electron chi connectivity index (χ4n) is 4.68. The standard InChI is InChI=1S/C17H22N2O/c18-15-2-1-3-16-14(15)6-7-19(16)17(20)10-13-9-11-4-5-12(13)8-11/h1-3,11-13H,4-10,18H2. The summed E-state index contributed by atoms with van der Waals surface area (Å²) in [5.74, 6) is 2.70. The van der Waals surface area contributed by atoms with Gasteiger partial charge in [0, 0.05) is 29.9 Å². The van der Waals surface area contributed by atoms with Crippen LogP contribution in [0.2, 0.25) is 0 Å². The largest absolute Gasteiger partial charge is 0.398 e. The Balaban J connectivity index is 1.49. The van der Waals surface area contributed by atoms with Crippen molar-refractivity contribution in [2.75, 3.05) is 17.2 Å². The van der Waals surface area contributed by atoms with Crippen LogP contribution >= 0.6 is 0 Å². The van der Waals surface area contributed by atoms with Gasteiger partial charge in [-0.2, -0.15) is 0 Å². The molecule has 0 aromatic heterocycles. The summed E-state index contributed by atoms with van der Waals surface area (Å²) in [6.07, 6.45) is 7.07. The third kappa shape index (κ3) is 1.83. The van der Waals surface area contributed by atoms with Crippen LogP contribution in [-0.2, 0) is 11.2 Å². The molecule has 3 nitrogen and oxygen atoms in total. The van der Waals surface area contributed by atoms with Crippen molar-refractivity contribution in [3.05, 3.63) is 23.8 Å². The second-order valence-electron chi connectivity index (χ2n) is 6.78. The van der Waals surface area contributed by atoms with E-state index in [2.05, 4.69) is 0 Å². The highest BCUT2D eigenvalue weighted by molar-refractivity contribution is 5.96. The zero-order valence-electron chi connectivity index (χ0n) is 11.8. The van der Waals surface area contributed by atoms with Crippen LogP contribution < -0.4 is 10.6 Å². The van der Waals surface area contributed by atoms with Gasteiger partial charge >= 0.3 is 0 Å². The van der Waals surface area contributed by atoms with Crippen molar-refractivity contribution in [2.45, 2.75) is 38.5 Å². The maximum absolute atomic E-state index is 12.6. The quantitative estimate of drug-likeness (QED) is 0.840. The molecule has 0 spiro atoms. The summed E-state index contributed by atoms with van der Waals surface area (Å²) in [7, 11) is 0. The number of carbonyl (C=O) groups is 1. The summed E-state index contributed by atoms with van der Waals surface area (Å²) >= 11 is 0. The fourth-order valence-corrected chi connectivity index (χ4v) is 4.68. The fraction of sp³-hybridized carbons (Fsp3) is 0.588. The second kappa shape index (κ2) is 4.51. The number of benzene rings is 1. The second-order valence-corrected chi connectivity index (χ2v) is 6.78. The Labute approximate surface area is 120 Å². The van der Waals surface area contributed by atoms with Gasteiger partial charge in [0.05, 0.1) is 0 Å². The van der Waals surface area contributed by atoms with Crippen LogP contribution in [0.5, 0.6) is 0 Å². The molecule has 2 saturated carbocycles. The summed E-state index contributed by atoms with van der Waals surface area (Å²) in [6, 6.07) is 5.93. The molecule has 2 bridgehead atoms. The lowest BCUT2D eigenvalue weighted by Gasteiger charge is -2.24. The van der Waals surface area contributed by atoms with E-state index in [0.717, 1.165) is 48.2 Å². The van der Waals surface area contributed by atoms with Crippen LogP contribution in [0, 0.1) is 17.8 Å². The van der Waals surface area contributed by atoms with E-state index in [9.17, 15) is 4.79 Å². The van der Waals surface area contributed by atoms with Gasteiger partial charge in [-0.1, -0.05) is 12.5 Å². The number of nitrogens with zero attached hydrogens (tertiary/aromatic N) is 1. The van der Waals surface area contributed by atoms with Crippen LogP contribution in [0.15, 0.2) is 18.2 Å². The highest BCUT2D eigenvalue weighted by Crippen LogP contribution is 2.50. The molecule has 2 fully saturated rings. The molecule has 3 heteroatoms. The van der Waals surface area contributed by atoms with Gasteiger partial charge in [0.1, 0.15) is 0 Å². The maximum Gasteiger partial charge on any atom is 0.227 e. The third-order valence-corrected chi connectivity index (χ3v) is 5.69. The van der Waals surface area contributed by atoms with Crippen LogP contribution in [0.25, 0.3) is 0 Å². The van der Waals surface area contributed by atoms with Crippen LogP contribution in [0.3, 0.4) is 0 Å². The van der Waals surface area contributed by atoms with Crippen molar-refractivity contribution in [1.82, 2.24) is 0 Å². The van der Waals surface area contributed by atoms with E-state index in [1.54, 1.807) is 0 Å². The summed E-state index contributed by atoms with van der Waals surface area (Å²) < 4.78 is 0. The summed E-state index contributed by atoms with van der Waals surface area (Å²) in [6.45, 7) is 0.809. The normalized spacial score (nSPS) is 30.8. The van der Waals surface area contributed by atoms with Gasteiger partial charge in [-0.05, 0) is 55.6 Å². The highest BCUT2D eigenvalue weighted by Gasteiger charge is 2.41. The SMILES string of the molecule is Nc1cccc2c1CCN2C(=O)CC1CC2CCC1C2. The minimum atomic E-state index is 0.312. The zero-order chi connectivity index (χ0) is 13.7. The molecule has 2 N–H and O–H groups in total. The predicted molar refractivity (Wildman–Crippen MR) is 80.5 cm³/mol. The molecule has 0 saturated heterocycles. The van der Waals surface area contributed by atoms with Crippen LogP contribution in [0.4, 0.5) is 11.4 Å². The molecular formula is C17H22N2O. The molecule has 3 atom stereocenters. The Bertz CT molecular complexity index is 554. The Morgan fingerprint density at radius 1 is 1.30 bits per heavy atom. The lowest BCUT2D eigenvalue weighted by Crippen LogP contribution is -2.31. The van der Waals surface area contributed by atoms with Crippen LogP contribution in [0.1, 0.15) is 37.7 Å². The number of amides is 1. The van der Waals surface area contributed by atoms with Gasteiger partial charge in [-0.3, -0.25) is 4.79 Å². The number of hydrogen-bond donors (Lipinski definition) is 1. The monoisotopic (exact) mass is 270 g/mol. The Morgan fingerprint density at radius 3 is 2.95 bits per heavy atom. The summed E-state index contributed by atoms with van der Waals surface area (Å²) in [4.78, 5) is 14.6. The van der Waals surface area contributed by atoms with Crippen molar-refractivity contribution in [1.29, 1.82) is 0 Å². The molecular weight excluding hydrogens is 248 g/mol.